The minimum Gasteiger partial charge on any atom is -0.508 e. The topological polar surface area (TPSA) is 240 Å². The quantitative estimate of drug-likeness (QED) is 0.179. The van der Waals surface area contributed by atoms with Gasteiger partial charge in [0, 0.05) is 29.7 Å². The van der Waals surface area contributed by atoms with E-state index in [1.54, 1.807) is 6.07 Å². The Morgan fingerprint density at radius 2 is 1.84 bits per heavy atom. The van der Waals surface area contributed by atoms with Crippen LogP contribution in [0.3, 0.4) is 0 Å². The summed E-state index contributed by atoms with van der Waals surface area (Å²) in [5.41, 5.74) is 2.65. The zero-order valence-corrected chi connectivity index (χ0v) is 23.5. The Morgan fingerprint density at radius 3 is 2.51 bits per heavy atom. The fourth-order valence-electron chi connectivity index (χ4n) is 6.51. The van der Waals surface area contributed by atoms with Crippen molar-refractivity contribution in [2.24, 2.45) is 17.6 Å². The maximum absolute atomic E-state index is 13.8. The smallest absolute Gasteiger partial charge is 0.337 e. The molecule has 2 aromatic carbocycles. The standard InChI is InChI=1S/C31H25N3O11/c1-44-30(42)14-6-12(8-16(9-14)34-29(41)21-4-5-33-45-21)17-2-3-19(35)23-18(17)10-13-7-15-11-20(36)24(28(32)40)27(39)31(15,43)26(38)22(13)25(23)37/h2-6,8-9,13,15,35,37,39,43H,7,10-11H2,1H3,(H2,32,40)(H,34,41)/t13-,15+,31+/m1/s1. The minimum absolute atomic E-state index is 0.0281. The van der Waals surface area contributed by atoms with Crippen LogP contribution in [0.25, 0.3) is 16.9 Å². The molecule has 0 radical (unpaired) electrons. The van der Waals surface area contributed by atoms with Crippen molar-refractivity contribution in [2.75, 3.05) is 12.4 Å². The van der Waals surface area contributed by atoms with E-state index in [1.807, 2.05) is 0 Å². The number of amides is 2. The Balaban J connectivity index is 1.49. The number of benzene rings is 2. The molecule has 1 aromatic heterocycles. The molecular weight excluding hydrogens is 590 g/mol. The van der Waals surface area contributed by atoms with Crippen molar-refractivity contribution in [1.82, 2.24) is 5.16 Å². The van der Waals surface area contributed by atoms with Crippen molar-refractivity contribution in [2.45, 2.75) is 24.9 Å². The van der Waals surface area contributed by atoms with E-state index < -0.39 is 76.0 Å². The summed E-state index contributed by atoms with van der Waals surface area (Å²) < 4.78 is 9.77. The zero-order valence-electron chi connectivity index (χ0n) is 23.5. The van der Waals surface area contributed by atoms with Crippen LogP contribution in [-0.2, 0) is 25.5 Å². The number of hydrogen-bond donors (Lipinski definition) is 6. The van der Waals surface area contributed by atoms with Crippen LogP contribution in [0.1, 0.15) is 44.9 Å². The second-order valence-electron chi connectivity index (χ2n) is 11.0. The SMILES string of the molecule is COC(=O)c1cc(NC(=O)c2ccno2)cc(-c2ccc(O)c3c2C[C@H]2C[C@H]4CC(=O)C(C(N)=O)=C(O)[C@@]4(O)C(=O)C2=C3O)c1. The molecule has 230 valence electrons. The second-order valence-corrected chi connectivity index (χ2v) is 11.0. The molecule has 0 saturated heterocycles. The number of nitrogens with one attached hydrogen (secondary N) is 1. The molecular formula is C31H25N3O11. The summed E-state index contributed by atoms with van der Waals surface area (Å²) >= 11 is 0. The molecule has 3 atom stereocenters. The van der Waals surface area contributed by atoms with E-state index in [9.17, 15) is 44.4 Å². The number of aliphatic hydroxyl groups excluding tert-OH is 2. The van der Waals surface area contributed by atoms with Crippen LogP contribution in [0.15, 0.2) is 64.0 Å². The molecule has 3 aliphatic rings. The number of Topliss-reactive ketones (excluding diaryl/α,β-unsaturated/α-hetero) is 2. The van der Waals surface area contributed by atoms with Crippen LogP contribution >= 0.6 is 0 Å². The highest BCUT2D eigenvalue weighted by atomic mass is 16.5. The first-order valence-corrected chi connectivity index (χ1v) is 13.6. The van der Waals surface area contributed by atoms with E-state index in [0.29, 0.717) is 16.7 Å². The monoisotopic (exact) mass is 615 g/mol. The van der Waals surface area contributed by atoms with E-state index >= 15 is 0 Å². The fraction of sp³-hybridized carbons (Fsp3) is 0.226. The minimum atomic E-state index is -2.69. The summed E-state index contributed by atoms with van der Waals surface area (Å²) in [6.07, 6.45) is 0.805. The van der Waals surface area contributed by atoms with E-state index in [0.717, 1.165) is 0 Å². The lowest BCUT2D eigenvalue weighted by Gasteiger charge is -2.46. The maximum atomic E-state index is 13.8. The van der Waals surface area contributed by atoms with E-state index in [4.69, 9.17) is 15.0 Å². The van der Waals surface area contributed by atoms with Crippen molar-refractivity contribution in [3.8, 4) is 16.9 Å². The van der Waals surface area contributed by atoms with Gasteiger partial charge in [-0.3, -0.25) is 19.2 Å². The van der Waals surface area contributed by atoms with Crippen LogP contribution in [0, 0.1) is 11.8 Å². The molecule has 0 unspecified atom stereocenters. The zero-order chi connectivity index (χ0) is 32.4. The number of phenolic OH excluding ortho intramolecular Hbond substituents is 1. The highest BCUT2D eigenvalue weighted by molar-refractivity contribution is 6.22. The van der Waals surface area contributed by atoms with Gasteiger partial charge in [0.05, 0.1) is 24.4 Å². The number of phenols is 1. The fourth-order valence-corrected chi connectivity index (χ4v) is 6.51. The third-order valence-electron chi connectivity index (χ3n) is 8.53. The first-order chi connectivity index (χ1) is 21.4. The van der Waals surface area contributed by atoms with Crippen LogP contribution in [-0.4, -0.2) is 67.6 Å². The lowest BCUT2D eigenvalue weighted by atomic mass is 9.59. The number of carbonyl (C=O) groups is 5. The van der Waals surface area contributed by atoms with Gasteiger partial charge in [-0.25, -0.2) is 4.79 Å². The highest BCUT2D eigenvalue weighted by Crippen LogP contribution is 2.53. The number of aromatic nitrogens is 1. The lowest BCUT2D eigenvalue weighted by Crippen LogP contribution is -2.58. The molecule has 7 N–H and O–H groups in total. The molecule has 0 spiro atoms. The molecule has 1 heterocycles. The summed E-state index contributed by atoms with van der Waals surface area (Å²) in [5, 5.41) is 50.6. The van der Waals surface area contributed by atoms with Crippen molar-refractivity contribution < 1.29 is 53.7 Å². The number of nitrogens with two attached hydrogens (primary N) is 1. The number of aromatic hydroxyl groups is 1. The van der Waals surface area contributed by atoms with Gasteiger partial charge < -0.3 is 40.7 Å². The Kier molecular flexibility index (Phi) is 6.81. The van der Waals surface area contributed by atoms with Crippen LogP contribution in [0.5, 0.6) is 5.75 Å². The average molecular weight is 616 g/mol. The third kappa shape index (κ3) is 4.45. The van der Waals surface area contributed by atoms with Gasteiger partial charge in [0.2, 0.25) is 11.5 Å². The van der Waals surface area contributed by atoms with E-state index in [2.05, 4.69) is 10.5 Å². The van der Waals surface area contributed by atoms with Crippen LogP contribution < -0.4 is 11.1 Å². The molecule has 3 aromatic rings. The van der Waals surface area contributed by atoms with Crippen LogP contribution in [0.2, 0.25) is 0 Å². The lowest BCUT2D eigenvalue weighted by molar-refractivity contribution is -0.147. The van der Waals surface area contributed by atoms with Gasteiger partial charge in [-0.15, -0.1) is 0 Å². The number of fused-ring (bicyclic) bond motifs is 3. The molecule has 2 amide bonds. The van der Waals surface area contributed by atoms with Crippen molar-refractivity contribution in [3.05, 3.63) is 82.0 Å². The molecule has 0 aliphatic heterocycles. The molecule has 14 heteroatoms. The van der Waals surface area contributed by atoms with Gasteiger partial charge in [0.15, 0.2) is 11.4 Å². The molecule has 14 nitrogen and oxygen atoms in total. The Bertz CT molecular complexity index is 1910. The number of hydrogen-bond acceptors (Lipinski definition) is 12. The number of primary amides is 1. The molecule has 6 rings (SSSR count). The second kappa shape index (κ2) is 10.4. The molecule has 0 bridgehead atoms. The Hall–Kier alpha value is -5.76. The van der Waals surface area contributed by atoms with E-state index in [1.165, 1.54) is 43.6 Å². The number of esters is 1. The molecule has 1 fully saturated rings. The predicted molar refractivity (Wildman–Crippen MR) is 153 cm³/mol. The Morgan fingerprint density at radius 1 is 1.09 bits per heavy atom. The normalized spacial score (nSPS) is 22.4. The first-order valence-electron chi connectivity index (χ1n) is 13.6. The molecule has 45 heavy (non-hydrogen) atoms. The number of rotatable bonds is 5. The van der Waals surface area contributed by atoms with Crippen molar-refractivity contribution in [1.29, 1.82) is 0 Å². The van der Waals surface area contributed by atoms with Crippen molar-refractivity contribution >= 4 is 40.8 Å². The summed E-state index contributed by atoms with van der Waals surface area (Å²) in [4.78, 5) is 63.5. The number of anilines is 1. The number of aliphatic hydroxyl groups is 3. The summed E-state index contributed by atoms with van der Waals surface area (Å²) in [7, 11) is 1.19. The number of nitrogens with zero attached hydrogens (tertiary/aromatic N) is 1. The predicted octanol–water partition coefficient (Wildman–Crippen LogP) is 2.12. The van der Waals surface area contributed by atoms with Crippen molar-refractivity contribution in [3.63, 3.8) is 0 Å². The summed E-state index contributed by atoms with van der Waals surface area (Å²) in [6, 6.07) is 8.55. The summed E-state index contributed by atoms with van der Waals surface area (Å²) in [6.45, 7) is 0. The highest BCUT2D eigenvalue weighted by Gasteiger charge is 2.60. The van der Waals surface area contributed by atoms with Gasteiger partial charge in [-0.2, -0.15) is 0 Å². The van der Waals surface area contributed by atoms with Gasteiger partial charge >= 0.3 is 5.97 Å². The largest absolute Gasteiger partial charge is 0.508 e. The summed E-state index contributed by atoms with van der Waals surface area (Å²) in [5.74, 6) is -8.84. The third-order valence-corrected chi connectivity index (χ3v) is 8.53. The molecule has 1 saturated carbocycles. The van der Waals surface area contributed by atoms with Gasteiger partial charge in [0.1, 0.15) is 22.8 Å². The Labute approximate surface area is 253 Å². The van der Waals surface area contributed by atoms with E-state index in [-0.39, 0.29) is 41.0 Å². The van der Waals surface area contributed by atoms with Crippen LogP contribution in [0.4, 0.5) is 5.69 Å². The first kappa shape index (κ1) is 29.3. The number of ether oxygens (including phenoxy) is 1. The average Bonchev–Trinajstić information content (AvgIpc) is 3.54. The van der Waals surface area contributed by atoms with Gasteiger partial charge in [0.25, 0.3) is 11.8 Å². The number of methoxy groups -OCH3 is 1. The van der Waals surface area contributed by atoms with Gasteiger partial charge in [-0.05, 0) is 59.7 Å². The number of carbonyl (C=O) groups excluding carboxylic acids is 5. The molecule has 3 aliphatic carbocycles. The van der Waals surface area contributed by atoms with Gasteiger partial charge in [-0.1, -0.05) is 11.2 Å². The maximum Gasteiger partial charge on any atom is 0.337 e. The number of ketones is 2.